The lowest BCUT2D eigenvalue weighted by atomic mass is 9.98. The van der Waals surface area contributed by atoms with E-state index in [1.54, 1.807) is 42.6 Å². The fraction of sp³-hybridized carbons (Fsp3) is 0.263. The average Bonchev–Trinajstić information content (AvgIpc) is 3.16. The first-order chi connectivity index (χ1) is 13.2. The number of rotatable bonds is 5. The van der Waals surface area contributed by atoms with Gasteiger partial charge < -0.3 is 18.9 Å². The molecular weight excluding hydrogens is 348 g/mol. The minimum Gasteiger partial charge on any atom is -0.497 e. The van der Waals surface area contributed by atoms with Crippen LogP contribution in [0.1, 0.15) is 22.2 Å². The van der Waals surface area contributed by atoms with Crippen LogP contribution in [0.5, 0.6) is 11.5 Å². The highest BCUT2D eigenvalue weighted by molar-refractivity contribution is 5.97. The van der Waals surface area contributed by atoms with Gasteiger partial charge in [-0.3, -0.25) is 9.78 Å². The van der Waals surface area contributed by atoms with Crippen molar-refractivity contribution in [2.24, 2.45) is 0 Å². The van der Waals surface area contributed by atoms with E-state index in [1.165, 1.54) is 7.11 Å². The van der Waals surface area contributed by atoms with E-state index in [2.05, 4.69) is 15.1 Å². The van der Waals surface area contributed by atoms with E-state index in [1.807, 2.05) is 12.1 Å². The Morgan fingerprint density at radius 3 is 2.63 bits per heavy atom. The zero-order chi connectivity index (χ0) is 18.8. The van der Waals surface area contributed by atoms with Crippen molar-refractivity contribution in [3.8, 4) is 22.9 Å². The Balaban J connectivity index is 1.44. The summed E-state index contributed by atoms with van der Waals surface area (Å²) in [7, 11) is 3.10. The van der Waals surface area contributed by atoms with Gasteiger partial charge in [-0.2, -0.15) is 4.98 Å². The van der Waals surface area contributed by atoms with Crippen LogP contribution in [0.4, 0.5) is 0 Å². The third-order valence-electron chi connectivity index (χ3n) is 4.54. The van der Waals surface area contributed by atoms with Crippen molar-refractivity contribution < 1.29 is 18.8 Å². The number of pyridine rings is 1. The second-order valence-corrected chi connectivity index (χ2v) is 6.17. The van der Waals surface area contributed by atoms with Gasteiger partial charge in [0.15, 0.2) is 0 Å². The maximum absolute atomic E-state index is 12.7. The van der Waals surface area contributed by atoms with Crippen LogP contribution in [0.25, 0.3) is 11.4 Å². The number of hydrogen-bond donors (Lipinski definition) is 0. The quantitative estimate of drug-likeness (QED) is 0.685. The molecule has 0 aliphatic carbocycles. The molecule has 8 heteroatoms. The Morgan fingerprint density at radius 2 is 1.93 bits per heavy atom. The number of likely N-dealkylation sites (tertiary alicyclic amines) is 1. The second-order valence-electron chi connectivity index (χ2n) is 6.17. The molecule has 1 saturated heterocycles. The lowest BCUT2D eigenvalue weighted by Gasteiger charge is -2.37. The van der Waals surface area contributed by atoms with Gasteiger partial charge in [0.05, 0.1) is 25.7 Å². The smallest absolute Gasteiger partial charge is 0.257 e. The van der Waals surface area contributed by atoms with E-state index < -0.39 is 0 Å². The molecule has 2 aromatic heterocycles. The Kier molecular flexibility index (Phi) is 4.45. The van der Waals surface area contributed by atoms with Gasteiger partial charge in [-0.05, 0) is 24.3 Å². The molecule has 4 rings (SSSR count). The summed E-state index contributed by atoms with van der Waals surface area (Å²) in [6, 6.07) is 8.79. The van der Waals surface area contributed by atoms with E-state index >= 15 is 0 Å². The summed E-state index contributed by atoms with van der Waals surface area (Å²) in [5.74, 6) is 2.11. The van der Waals surface area contributed by atoms with Crippen molar-refractivity contribution in [2.45, 2.75) is 5.92 Å². The first kappa shape index (κ1) is 17.0. The van der Waals surface area contributed by atoms with Crippen molar-refractivity contribution in [1.29, 1.82) is 0 Å². The SMILES string of the molecule is COc1ccc(C(=O)N2CC(c3nc(-c4ccncc4)no3)C2)c(OC)c1. The third-order valence-corrected chi connectivity index (χ3v) is 4.54. The molecule has 1 aliphatic heterocycles. The molecule has 1 aliphatic rings. The van der Waals surface area contributed by atoms with Crippen molar-refractivity contribution in [3.63, 3.8) is 0 Å². The molecule has 3 heterocycles. The number of ether oxygens (including phenoxy) is 2. The van der Waals surface area contributed by atoms with Crippen LogP contribution in [0.3, 0.4) is 0 Å². The van der Waals surface area contributed by atoms with Crippen LogP contribution in [-0.4, -0.2) is 53.2 Å². The van der Waals surface area contributed by atoms with Gasteiger partial charge in [-0.15, -0.1) is 0 Å². The molecule has 0 atom stereocenters. The van der Waals surface area contributed by atoms with Gasteiger partial charge in [0.1, 0.15) is 11.5 Å². The topological polar surface area (TPSA) is 90.6 Å². The van der Waals surface area contributed by atoms with Crippen LogP contribution >= 0.6 is 0 Å². The Bertz CT molecular complexity index is 951. The molecule has 138 valence electrons. The predicted octanol–water partition coefficient (Wildman–Crippen LogP) is 2.39. The minimum absolute atomic E-state index is 0.0290. The first-order valence-corrected chi connectivity index (χ1v) is 8.45. The monoisotopic (exact) mass is 366 g/mol. The van der Waals surface area contributed by atoms with Crippen LogP contribution in [0.15, 0.2) is 47.2 Å². The van der Waals surface area contributed by atoms with Crippen LogP contribution in [0, 0.1) is 0 Å². The fourth-order valence-corrected chi connectivity index (χ4v) is 2.97. The number of nitrogens with zero attached hydrogens (tertiary/aromatic N) is 4. The molecule has 0 bridgehead atoms. The van der Waals surface area contributed by atoms with E-state index in [4.69, 9.17) is 14.0 Å². The standard InChI is InChI=1S/C19H18N4O4/c1-25-14-3-4-15(16(9-14)26-2)19(24)23-10-13(11-23)18-21-17(22-27-18)12-5-7-20-8-6-12/h3-9,13H,10-11H2,1-2H3. The van der Waals surface area contributed by atoms with E-state index in [9.17, 15) is 4.79 Å². The molecule has 8 nitrogen and oxygen atoms in total. The lowest BCUT2D eigenvalue weighted by molar-refractivity contribution is 0.0566. The van der Waals surface area contributed by atoms with Crippen LogP contribution < -0.4 is 9.47 Å². The summed E-state index contributed by atoms with van der Waals surface area (Å²) < 4.78 is 15.9. The van der Waals surface area contributed by atoms with Gasteiger partial charge in [-0.1, -0.05) is 5.16 Å². The fourth-order valence-electron chi connectivity index (χ4n) is 2.97. The predicted molar refractivity (Wildman–Crippen MR) is 95.7 cm³/mol. The number of amides is 1. The van der Waals surface area contributed by atoms with Gasteiger partial charge in [-0.25, -0.2) is 0 Å². The van der Waals surface area contributed by atoms with Crippen LogP contribution in [0.2, 0.25) is 0 Å². The summed E-state index contributed by atoms with van der Waals surface area (Å²) in [6.07, 6.45) is 3.36. The molecule has 3 aromatic rings. The molecule has 0 spiro atoms. The van der Waals surface area contributed by atoms with Gasteiger partial charge in [0.25, 0.3) is 5.91 Å². The summed E-state index contributed by atoms with van der Waals surface area (Å²) in [4.78, 5) is 22.9. The van der Waals surface area contributed by atoms with Crippen molar-refractivity contribution in [3.05, 3.63) is 54.2 Å². The zero-order valence-corrected chi connectivity index (χ0v) is 15.0. The molecule has 1 amide bonds. The molecule has 27 heavy (non-hydrogen) atoms. The van der Waals surface area contributed by atoms with Crippen LogP contribution in [-0.2, 0) is 0 Å². The number of carbonyl (C=O) groups excluding carboxylic acids is 1. The molecule has 0 unspecified atom stereocenters. The molecule has 1 aromatic carbocycles. The van der Waals surface area contributed by atoms with E-state index in [0.717, 1.165) is 5.56 Å². The van der Waals surface area contributed by atoms with E-state index in [0.29, 0.717) is 41.9 Å². The maximum Gasteiger partial charge on any atom is 0.257 e. The molecule has 0 N–H and O–H groups in total. The maximum atomic E-state index is 12.7. The van der Waals surface area contributed by atoms with Gasteiger partial charge >= 0.3 is 0 Å². The average molecular weight is 366 g/mol. The van der Waals surface area contributed by atoms with Crippen molar-refractivity contribution in [1.82, 2.24) is 20.0 Å². The second kappa shape index (κ2) is 7.06. The summed E-state index contributed by atoms with van der Waals surface area (Å²) in [6.45, 7) is 1.04. The minimum atomic E-state index is -0.0976. The third kappa shape index (κ3) is 3.21. The van der Waals surface area contributed by atoms with Gasteiger partial charge in [0, 0.05) is 37.1 Å². The Hall–Kier alpha value is -3.42. The molecule has 0 radical (unpaired) electrons. The highest BCUT2D eigenvalue weighted by Gasteiger charge is 2.37. The molecule has 0 saturated carbocycles. The first-order valence-electron chi connectivity index (χ1n) is 8.45. The lowest BCUT2D eigenvalue weighted by Crippen LogP contribution is -2.48. The van der Waals surface area contributed by atoms with Crippen molar-refractivity contribution >= 4 is 5.91 Å². The number of aromatic nitrogens is 3. The zero-order valence-electron chi connectivity index (χ0n) is 15.0. The van der Waals surface area contributed by atoms with E-state index in [-0.39, 0.29) is 11.8 Å². The number of hydrogen-bond acceptors (Lipinski definition) is 7. The molecule has 1 fully saturated rings. The Labute approximate surface area is 155 Å². The van der Waals surface area contributed by atoms with Gasteiger partial charge in [0.2, 0.25) is 11.7 Å². The molecular formula is C19H18N4O4. The summed E-state index contributed by atoms with van der Waals surface area (Å²) >= 11 is 0. The number of methoxy groups -OCH3 is 2. The summed E-state index contributed by atoms with van der Waals surface area (Å²) in [5.41, 5.74) is 1.34. The van der Waals surface area contributed by atoms with Crippen molar-refractivity contribution in [2.75, 3.05) is 27.3 Å². The normalized spacial score (nSPS) is 13.9. The number of carbonyl (C=O) groups is 1. The highest BCUT2D eigenvalue weighted by atomic mass is 16.5. The summed E-state index contributed by atoms with van der Waals surface area (Å²) in [5, 5.41) is 4.01. The highest BCUT2D eigenvalue weighted by Crippen LogP contribution is 2.32. The number of benzene rings is 1. The largest absolute Gasteiger partial charge is 0.497 e. The Morgan fingerprint density at radius 1 is 1.15 bits per heavy atom.